The molecule has 1 aliphatic rings. The van der Waals surface area contributed by atoms with Crippen LogP contribution in [0.2, 0.25) is 0 Å². The Balaban J connectivity index is 2.24. The van der Waals surface area contributed by atoms with Crippen LogP contribution in [0.3, 0.4) is 0 Å². The van der Waals surface area contributed by atoms with Crippen LogP contribution in [-0.4, -0.2) is 29.9 Å². The number of rotatable bonds is 6. The summed E-state index contributed by atoms with van der Waals surface area (Å²) in [6, 6.07) is 0.642. The molecule has 0 atom stereocenters. The van der Waals surface area contributed by atoms with Gasteiger partial charge < -0.3 is 0 Å². The first-order chi connectivity index (χ1) is 6.27. The molecule has 0 aromatic carbocycles. The number of carbonyl (C=O) groups is 1. The van der Waals surface area contributed by atoms with E-state index in [4.69, 9.17) is 5.84 Å². The minimum atomic E-state index is -0.0806. The Morgan fingerprint density at radius 1 is 1.62 bits per heavy atom. The summed E-state index contributed by atoms with van der Waals surface area (Å²) in [5.74, 6) is 4.96. The highest BCUT2D eigenvalue weighted by molar-refractivity contribution is 5.77. The van der Waals surface area contributed by atoms with Crippen molar-refractivity contribution >= 4 is 5.91 Å². The van der Waals surface area contributed by atoms with Crippen LogP contribution in [-0.2, 0) is 4.79 Å². The Bertz CT molecular complexity index is 168. The van der Waals surface area contributed by atoms with E-state index >= 15 is 0 Å². The molecule has 0 aliphatic heterocycles. The summed E-state index contributed by atoms with van der Waals surface area (Å²) in [5.41, 5.74) is 2.17. The zero-order valence-electron chi connectivity index (χ0n) is 8.25. The smallest absolute Gasteiger partial charge is 0.248 e. The van der Waals surface area contributed by atoms with E-state index in [0.29, 0.717) is 12.6 Å². The van der Waals surface area contributed by atoms with Gasteiger partial charge in [0.05, 0.1) is 6.54 Å². The molecular weight excluding hydrogens is 166 g/mol. The number of carbonyl (C=O) groups excluding carboxylic acids is 1. The van der Waals surface area contributed by atoms with Crippen molar-refractivity contribution in [2.75, 3.05) is 13.1 Å². The van der Waals surface area contributed by atoms with Gasteiger partial charge in [0.2, 0.25) is 5.91 Å². The maximum absolute atomic E-state index is 11.0. The van der Waals surface area contributed by atoms with Crippen LogP contribution in [0.25, 0.3) is 0 Å². The van der Waals surface area contributed by atoms with Gasteiger partial charge in [-0.05, 0) is 25.8 Å². The van der Waals surface area contributed by atoms with Crippen LogP contribution in [0.4, 0.5) is 0 Å². The number of nitrogens with two attached hydrogens (primary N) is 1. The van der Waals surface area contributed by atoms with Gasteiger partial charge in [-0.3, -0.25) is 15.1 Å². The fraction of sp³-hybridized carbons (Fsp3) is 0.889. The Labute approximate surface area is 79.4 Å². The predicted octanol–water partition coefficient (Wildman–Crippen LogP) is 0.241. The molecule has 1 aliphatic carbocycles. The normalized spacial score (nSPS) is 16.2. The third kappa shape index (κ3) is 3.74. The molecule has 76 valence electrons. The lowest BCUT2D eigenvalue weighted by atomic mass is 10.3. The van der Waals surface area contributed by atoms with Crippen LogP contribution < -0.4 is 11.3 Å². The Kier molecular flexibility index (Phi) is 4.18. The summed E-state index contributed by atoms with van der Waals surface area (Å²) in [4.78, 5) is 13.3. The minimum Gasteiger partial charge on any atom is -0.293 e. The zero-order valence-corrected chi connectivity index (χ0v) is 8.25. The molecule has 0 bridgehead atoms. The first-order valence-corrected chi connectivity index (χ1v) is 5.01. The number of nitrogens with one attached hydrogen (secondary N) is 1. The van der Waals surface area contributed by atoms with Gasteiger partial charge in [0.25, 0.3) is 0 Å². The third-order valence-electron chi connectivity index (χ3n) is 2.37. The van der Waals surface area contributed by atoms with E-state index in [-0.39, 0.29) is 5.91 Å². The van der Waals surface area contributed by atoms with Crippen molar-refractivity contribution in [1.82, 2.24) is 10.3 Å². The van der Waals surface area contributed by atoms with Crippen molar-refractivity contribution in [3.8, 4) is 0 Å². The monoisotopic (exact) mass is 185 g/mol. The van der Waals surface area contributed by atoms with Crippen molar-refractivity contribution in [3.63, 3.8) is 0 Å². The molecule has 4 nitrogen and oxygen atoms in total. The second-order valence-electron chi connectivity index (χ2n) is 3.62. The second kappa shape index (κ2) is 5.19. The second-order valence-corrected chi connectivity index (χ2v) is 3.62. The van der Waals surface area contributed by atoms with Crippen LogP contribution in [0.15, 0.2) is 0 Å². The Hall–Kier alpha value is -0.610. The molecule has 13 heavy (non-hydrogen) atoms. The summed E-state index contributed by atoms with van der Waals surface area (Å²) in [7, 11) is 0. The van der Waals surface area contributed by atoms with E-state index in [0.717, 1.165) is 13.0 Å². The van der Waals surface area contributed by atoms with E-state index < -0.39 is 0 Å². The van der Waals surface area contributed by atoms with Gasteiger partial charge in [0, 0.05) is 6.04 Å². The average Bonchev–Trinajstić information content (AvgIpc) is 2.94. The Morgan fingerprint density at radius 2 is 2.31 bits per heavy atom. The number of unbranched alkanes of at least 4 members (excludes halogenated alkanes) is 1. The highest BCUT2D eigenvalue weighted by Gasteiger charge is 2.29. The minimum absolute atomic E-state index is 0.0806. The van der Waals surface area contributed by atoms with Crippen molar-refractivity contribution in [2.45, 2.75) is 38.6 Å². The molecule has 0 saturated heterocycles. The lowest BCUT2D eigenvalue weighted by molar-refractivity contribution is -0.122. The molecular formula is C9H19N3O. The molecule has 1 amide bonds. The lowest BCUT2D eigenvalue weighted by Crippen LogP contribution is -2.41. The molecule has 0 unspecified atom stereocenters. The van der Waals surface area contributed by atoms with Gasteiger partial charge in [-0.15, -0.1) is 0 Å². The van der Waals surface area contributed by atoms with Crippen LogP contribution >= 0.6 is 0 Å². The largest absolute Gasteiger partial charge is 0.293 e. The summed E-state index contributed by atoms with van der Waals surface area (Å²) in [5, 5.41) is 0. The third-order valence-corrected chi connectivity index (χ3v) is 2.37. The summed E-state index contributed by atoms with van der Waals surface area (Å²) in [6.45, 7) is 3.64. The topological polar surface area (TPSA) is 58.4 Å². The van der Waals surface area contributed by atoms with E-state index in [1.54, 1.807) is 0 Å². The Morgan fingerprint density at radius 3 is 2.77 bits per heavy atom. The van der Waals surface area contributed by atoms with Crippen LogP contribution in [0.1, 0.15) is 32.6 Å². The average molecular weight is 185 g/mol. The van der Waals surface area contributed by atoms with Crippen molar-refractivity contribution in [3.05, 3.63) is 0 Å². The van der Waals surface area contributed by atoms with Crippen molar-refractivity contribution in [2.24, 2.45) is 5.84 Å². The number of hydrogen-bond acceptors (Lipinski definition) is 3. The summed E-state index contributed by atoms with van der Waals surface area (Å²) in [6.07, 6.45) is 4.81. The van der Waals surface area contributed by atoms with Gasteiger partial charge >= 0.3 is 0 Å². The molecule has 0 heterocycles. The first-order valence-electron chi connectivity index (χ1n) is 5.01. The van der Waals surface area contributed by atoms with Crippen LogP contribution in [0, 0.1) is 0 Å². The quantitative estimate of drug-likeness (QED) is 0.354. The fourth-order valence-electron chi connectivity index (χ4n) is 1.42. The SMILES string of the molecule is CCCCN(CC(=O)NN)C1CC1. The van der Waals surface area contributed by atoms with E-state index in [1.807, 2.05) is 0 Å². The molecule has 0 aromatic heterocycles. The summed E-state index contributed by atoms with van der Waals surface area (Å²) >= 11 is 0. The van der Waals surface area contributed by atoms with Gasteiger partial charge in [-0.2, -0.15) is 0 Å². The highest BCUT2D eigenvalue weighted by Crippen LogP contribution is 2.26. The van der Waals surface area contributed by atoms with E-state index in [9.17, 15) is 4.79 Å². The first kappa shape index (κ1) is 10.5. The molecule has 1 saturated carbocycles. The number of hydrogen-bond donors (Lipinski definition) is 2. The number of nitrogens with zero attached hydrogens (tertiary/aromatic N) is 1. The van der Waals surface area contributed by atoms with Gasteiger partial charge in [-0.1, -0.05) is 13.3 Å². The maximum Gasteiger partial charge on any atom is 0.248 e. The van der Waals surface area contributed by atoms with E-state index in [2.05, 4.69) is 17.2 Å². The highest BCUT2D eigenvalue weighted by atomic mass is 16.2. The van der Waals surface area contributed by atoms with Gasteiger partial charge in [-0.25, -0.2) is 5.84 Å². The predicted molar refractivity (Wildman–Crippen MR) is 51.8 cm³/mol. The lowest BCUT2D eigenvalue weighted by Gasteiger charge is -2.20. The molecule has 0 aromatic rings. The molecule has 1 fully saturated rings. The molecule has 4 heteroatoms. The van der Waals surface area contributed by atoms with E-state index in [1.165, 1.54) is 19.3 Å². The van der Waals surface area contributed by atoms with Crippen molar-refractivity contribution in [1.29, 1.82) is 0 Å². The fourth-order valence-corrected chi connectivity index (χ4v) is 1.42. The number of hydrazine groups is 1. The molecule has 1 rings (SSSR count). The number of amides is 1. The van der Waals surface area contributed by atoms with Gasteiger partial charge in [0.1, 0.15) is 0 Å². The summed E-state index contributed by atoms with van der Waals surface area (Å²) < 4.78 is 0. The standard InChI is InChI=1S/C9H19N3O/c1-2-3-6-12(8-4-5-8)7-9(13)11-10/h8H,2-7,10H2,1H3,(H,11,13). The van der Waals surface area contributed by atoms with Crippen molar-refractivity contribution < 1.29 is 4.79 Å². The zero-order chi connectivity index (χ0) is 9.68. The molecule has 0 spiro atoms. The maximum atomic E-state index is 11.0. The van der Waals surface area contributed by atoms with Gasteiger partial charge in [0.15, 0.2) is 0 Å². The molecule has 3 N–H and O–H groups in total. The molecule has 0 radical (unpaired) electrons. The van der Waals surface area contributed by atoms with Crippen LogP contribution in [0.5, 0.6) is 0 Å².